The van der Waals surface area contributed by atoms with E-state index in [2.05, 4.69) is 32.9 Å². The Labute approximate surface area is 177 Å². The van der Waals surface area contributed by atoms with Crippen LogP contribution in [-0.2, 0) is 9.53 Å². The van der Waals surface area contributed by atoms with E-state index in [0.717, 1.165) is 43.9 Å². The molecule has 0 saturated heterocycles. The van der Waals surface area contributed by atoms with Gasteiger partial charge in [-0.1, -0.05) is 44.1 Å². The molecule has 0 aromatic heterocycles. The molecule has 162 valence electrons. The average Bonchev–Trinajstić information content (AvgIpc) is 3.05. The molecule has 7 atom stereocenters. The zero-order chi connectivity index (χ0) is 20.8. The second-order valence-corrected chi connectivity index (χ2v) is 11.0. The van der Waals surface area contributed by atoms with E-state index in [0.29, 0.717) is 23.7 Å². The van der Waals surface area contributed by atoms with Crippen molar-refractivity contribution in [1.82, 2.24) is 0 Å². The summed E-state index contributed by atoms with van der Waals surface area (Å²) in [5.74, 6) is 2.76. The van der Waals surface area contributed by atoms with Crippen molar-refractivity contribution < 1.29 is 14.6 Å². The van der Waals surface area contributed by atoms with Crippen LogP contribution in [0, 0.1) is 34.5 Å². The summed E-state index contributed by atoms with van der Waals surface area (Å²) in [7, 11) is 1.48. The zero-order valence-corrected chi connectivity index (χ0v) is 18.9. The van der Waals surface area contributed by atoms with Crippen LogP contribution in [0.25, 0.3) is 0 Å². The molecule has 0 spiro atoms. The van der Waals surface area contributed by atoms with Crippen molar-refractivity contribution in [2.75, 3.05) is 7.11 Å². The third-order valence-corrected chi connectivity index (χ3v) is 9.57. The van der Waals surface area contributed by atoms with E-state index in [9.17, 15) is 9.90 Å². The number of aliphatic hydroxyl groups excluding tert-OH is 1. The van der Waals surface area contributed by atoms with E-state index in [1.54, 1.807) is 5.57 Å². The van der Waals surface area contributed by atoms with Crippen LogP contribution in [-0.4, -0.2) is 24.3 Å². The molecule has 4 aliphatic carbocycles. The van der Waals surface area contributed by atoms with Gasteiger partial charge in [0.25, 0.3) is 0 Å². The number of esters is 1. The highest BCUT2D eigenvalue weighted by Crippen LogP contribution is 2.66. The maximum Gasteiger partial charge on any atom is 0.305 e. The van der Waals surface area contributed by atoms with E-state index in [4.69, 9.17) is 4.74 Å². The summed E-state index contributed by atoms with van der Waals surface area (Å²) >= 11 is 0. The molecule has 1 N–H and O–H groups in total. The van der Waals surface area contributed by atoms with Crippen molar-refractivity contribution in [3.8, 4) is 0 Å². The molecule has 3 heteroatoms. The predicted octanol–water partition coefficient (Wildman–Crippen LogP) is 5.83. The van der Waals surface area contributed by atoms with E-state index in [1.807, 2.05) is 0 Å². The minimum absolute atomic E-state index is 0.0750. The Kier molecular flexibility index (Phi) is 5.74. The molecule has 0 aromatic rings. The number of hydrogen-bond donors (Lipinski definition) is 1. The number of fused-ring (bicyclic) bond motifs is 5. The molecule has 0 heterocycles. The smallest absolute Gasteiger partial charge is 0.305 e. The Bertz CT molecular complexity index is 707. The summed E-state index contributed by atoms with van der Waals surface area (Å²) in [6, 6.07) is 0. The first-order chi connectivity index (χ1) is 13.8. The van der Waals surface area contributed by atoms with Crippen molar-refractivity contribution >= 4 is 5.97 Å². The molecule has 3 saturated carbocycles. The van der Waals surface area contributed by atoms with Crippen LogP contribution in [0.1, 0.15) is 85.0 Å². The van der Waals surface area contributed by atoms with E-state index in [-0.39, 0.29) is 17.5 Å². The van der Waals surface area contributed by atoms with Crippen LogP contribution in [0.5, 0.6) is 0 Å². The highest BCUT2D eigenvalue weighted by Gasteiger charge is 2.56. The van der Waals surface area contributed by atoms with Crippen LogP contribution < -0.4 is 0 Å². The van der Waals surface area contributed by atoms with Crippen LogP contribution >= 0.6 is 0 Å². The van der Waals surface area contributed by atoms with Gasteiger partial charge >= 0.3 is 5.97 Å². The number of hydrogen-bond acceptors (Lipinski definition) is 3. The average molecular weight is 401 g/mol. The lowest BCUT2D eigenvalue weighted by atomic mass is 9.50. The maximum atomic E-state index is 11.5. The number of allylic oxidation sites excluding steroid dienone is 3. The summed E-state index contributed by atoms with van der Waals surface area (Å²) in [6.07, 6.45) is 15.6. The number of carbonyl (C=O) groups is 1. The molecule has 3 nitrogen and oxygen atoms in total. The summed E-state index contributed by atoms with van der Waals surface area (Å²) in [5, 5.41) is 10.2. The Hall–Kier alpha value is -1.09. The van der Waals surface area contributed by atoms with Gasteiger partial charge in [0.2, 0.25) is 0 Å². The molecule has 2 unspecified atom stereocenters. The van der Waals surface area contributed by atoms with Gasteiger partial charge in [0.15, 0.2) is 0 Å². The molecule has 4 aliphatic rings. The van der Waals surface area contributed by atoms with Gasteiger partial charge in [-0.05, 0) is 92.3 Å². The molecular formula is C26H40O3. The Morgan fingerprint density at radius 1 is 1.17 bits per heavy atom. The Morgan fingerprint density at radius 2 is 1.97 bits per heavy atom. The fourth-order valence-corrected chi connectivity index (χ4v) is 7.83. The van der Waals surface area contributed by atoms with Crippen LogP contribution in [0.4, 0.5) is 0 Å². The normalized spacial score (nSPS) is 42.1. The van der Waals surface area contributed by atoms with Crippen LogP contribution in [0.15, 0.2) is 23.3 Å². The third kappa shape index (κ3) is 3.52. The second kappa shape index (κ2) is 7.87. The lowest BCUT2D eigenvalue weighted by Crippen LogP contribution is -2.46. The molecule has 0 aliphatic heterocycles. The fraction of sp³-hybridized carbons (Fsp3) is 0.808. The van der Waals surface area contributed by atoms with Crippen molar-refractivity contribution in [2.45, 2.75) is 91.1 Å². The second-order valence-electron chi connectivity index (χ2n) is 11.0. The Morgan fingerprint density at radius 3 is 2.72 bits per heavy atom. The van der Waals surface area contributed by atoms with Crippen molar-refractivity contribution in [3.05, 3.63) is 23.3 Å². The SMILES string of the molecule is COC(=O)CCC[C@@H](C)[C@H]1CCC2C3=CC=C4C[C@@H](O)CC[C@]4(C)C3CC[C@@]21C. The van der Waals surface area contributed by atoms with Crippen LogP contribution in [0.2, 0.25) is 0 Å². The van der Waals surface area contributed by atoms with Gasteiger partial charge in [0, 0.05) is 6.42 Å². The largest absolute Gasteiger partial charge is 0.469 e. The van der Waals surface area contributed by atoms with Gasteiger partial charge < -0.3 is 9.84 Å². The van der Waals surface area contributed by atoms with Gasteiger partial charge in [0.1, 0.15) is 0 Å². The minimum Gasteiger partial charge on any atom is -0.469 e. The quantitative estimate of drug-likeness (QED) is 0.591. The minimum atomic E-state index is -0.139. The fourth-order valence-electron chi connectivity index (χ4n) is 7.83. The van der Waals surface area contributed by atoms with Gasteiger partial charge in [-0.2, -0.15) is 0 Å². The van der Waals surface area contributed by atoms with E-state index < -0.39 is 0 Å². The lowest BCUT2D eigenvalue weighted by molar-refractivity contribution is -0.140. The van der Waals surface area contributed by atoms with Gasteiger partial charge in [-0.3, -0.25) is 4.79 Å². The van der Waals surface area contributed by atoms with Gasteiger partial charge in [-0.25, -0.2) is 0 Å². The standard InChI is InChI=1S/C26H40O3/c1-17(6-5-7-24(28)29-4)21-10-11-22-20-9-8-18-16-19(27)12-14-25(18,2)23(20)13-15-26(21,22)3/h8-9,17,19,21-23,27H,5-7,10-16H2,1-4H3/t17-,19+,21-,22?,23?,25+,26-/m1/s1. The zero-order valence-electron chi connectivity index (χ0n) is 18.9. The number of rotatable bonds is 5. The summed E-state index contributed by atoms with van der Waals surface area (Å²) in [6.45, 7) is 7.46. The summed E-state index contributed by atoms with van der Waals surface area (Å²) in [4.78, 5) is 11.5. The van der Waals surface area contributed by atoms with Crippen molar-refractivity contribution in [1.29, 1.82) is 0 Å². The molecule has 0 bridgehead atoms. The first kappa shape index (κ1) is 21.2. The summed E-state index contributed by atoms with van der Waals surface area (Å²) < 4.78 is 4.81. The molecule has 0 amide bonds. The molecule has 0 aromatic carbocycles. The highest BCUT2D eigenvalue weighted by atomic mass is 16.5. The monoisotopic (exact) mass is 400 g/mol. The molecule has 0 radical (unpaired) electrons. The molecule has 4 rings (SSSR count). The summed E-state index contributed by atoms with van der Waals surface area (Å²) in [5.41, 5.74) is 3.91. The number of aliphatic hydroxyl groups is 1. The van der Waals surface area contributed by atoms with E-state index in [1.165, 1.54) is 38.4 Å². The Balaban J connectivity index is 1.50. The number of carbonyl (C=O) groups excluding carboxylic acids is 1. The van der Waals surface area contributed by atoms with Gasteiger partial charge in [0.05, 0.1) is 13.2 Å². The maximum absolute atomic E-state index is 11.5. The molecule has 29 heavy (non-hydrogen) atoms. The first-order valence-corrected chi connectivity index (χ1v) is 12.0. The van der Waals surface area contributed by atoms with E-state index >= 15 is 0 Å². The van der Waals surface area contributed by atoms with Crippen molar-refractivity contribution in [2.24, 2.45) is 34.5 Å². The third-order valence-electron chi connectivity index (χ3n) is 9.57. The number of ether oxygens (including phenoxy) is 1. The predicted molar refractivity (Wildman–Crippen MR) is 116 cm³/mol. The van der Waals surface area contributed by atoms with Crippen molar-refractivity contribution in [3.63, 3.8) is 0 Å². The first-order valence-electron chi connectivity index (χ1n) is 12.0. The molecule has 3 fully saturated rings. The lowest BCUT2D eigenvalue weighted by Gasteiger charge is -2.55. The highest BCUT2D eigenvalue weighted by molar-refractivity contribution is 5.68. The topological polar surface area (TPSA) is 46.5 Å². The molecular weight excluding hydrogens is 360 g/mol. The number of methoxy groups -OCH3 is 1. The van der Waals surface area contributed by atoms with Gasteiger partial charge in [-0.15, -0.1) is 0 Å². The van der Waals surface area contributed by atoms with Crippen LogP contribution in [0.3, 0.4) is 0 Å².